The molecule has 1 unspecified atom stereocenters. The number of hydrogen-bond acceptors (Lipinski definition) is 5. The summed E-state index contributed by atoms with van der Waals surface area (Å²) in [6.45, 7) is 7.92. The Kier molecular flexibility index (Phi) is 4.59. The van der Waals surface area contributed by atoms with Gasteiger partial charge in [-0.1, -0.05) is 13.8 Å². The summed E-state index contributed by atoms with van der Waals surface area (Å²) in [4.78, 5) is 0. The number of nitrogens with zero attached hydrogens (tertiary/aromatic N) is 3. The molecule has 5 nitrogen and oxygen atoms in total. The Morgan fingerprint density at radius 1 is 1.29 bits per heavy atom. The van der Waals surface area contributed by atoms with Gasteiger partial charge in [-0.15, -0.1) is 5.10 Å². The number of nitriles is 1. The standard InChI is InChI=1S/C16H20N4O/c1-5-12-13(9-17)16(20-19-14(12)6-2)18-11(4)15-8-7-10(3)21-15/h7-8,11H,5-6H2,1-4H3,(H,18,20). The van der Waals surface area contributed by atoms with Crippen molar-refractivity contribution < 1.29 is 4.42 Å². The fraction of sp³-hybridized carbons (Fsp3) is 0.438. The molecular formula is C16H20N4O. The molecule has 0 amide bonds. The average molecular weight is 284 g/mol. The lowest BCUT2D eigenvalue weighted by molar-refractivity contribution is 0.466. The van der Waals surface area contributed by atoms with Gasteiger partial charge in [0.25, 0.3) is 0 Å². The van der Waals surface area contributed by atoms with Crippen LogP contribution >= 0.6 is 0 Å². The Hall–Kier alpha value is -2.35. The second-order valence-corrected chi connectivity index (χ2v) is 4.98. The van der Waals surface area contributed by atoms with Gasteiger partial charge >= 0.3 is 0 Å². The monoisotopic (exact) mass is 284 g/mol. The van der Waals surface area contributed by atoms with Crippen molar-refractivity contribution >= 4 is 5.82 Å². The van der Waals surface area contributed by atoms with Gasteiger partial charge in [0.05, 0.1) is 11.7 Å². The molecule has 0 aliphatic heterocycles. The van der Waals surface area contributed by atoms with Gasteiger partial charge in [-0.25, -0.2) is 0 Å². The molecule has 110 valence electrons. The second kappa shape index (κ2) is 6.40. The van der Waals surface area contributed by atoms with Crippen LogP contribution in [0, 0.1) is 18.3 Å². The summed E-state index contributed by atoms with van der Waals surface area (Å²) in [5.74, 6) is 2.20. The van der Waals surface area contributed by atoms with Crippen LogP contribution in [-0.2, 0) is 12.8 Å². The zero-order valence-electron chi connectivity index (χ0n) is 12.9. The summed E-state index contributed by atoms with van der Waals surface area (Å²) < 4.78 is 5.60. The number of nitrogens with one attached hydrogen (secondary N) is 1. The summed E-state index contributed by atoms with van der Waals surface area (Å²) in [5.41, 5.74) is 2.45. The maximum Gasteiger partial charge on any atom is 0.167 e. The Bertz CT molecular complexity index is 669. The van der Waals surface area contributed by atoms with Crippen molar-refractivity contribution in [3.05, 3.63) is 40.5 Å². The maximum atomic E-state index is 9.46. The third kappa shape index (κ3) is 3.05. The van der Waals surface area contributed by atoms with E-state index >= 15 is 0 Å². The predicted molar refractivity (Wildman–Crippen MR) is 81.0 cm³/mol. The largest absolute Gasteiger partial charge is 0.464 e. The molecule has 2 aromatic rings. The Morgan fingerprint density at radius 3 is 2.57 bits per heavy atom. The van der Waals surface area contributed by atoms with E-state index in [1.165, 1.54) is 0 Å². The highest BCUT2D eigenvalue weighted by molar-refractivity contribution is 5.57. The fourth-order valence-corrected chi connectivity index (χ4v) is 2.36. The van der Waals surface area contributed by atoms with E-state index in [9.17, 15) is 5.26 Å². The molecule has 0 bridgehead atoms. The number of rotatable bonds is 5. The number of aryl methyl sites for hydroxylation is 2. The predicted octanol–water partition coefficient (Wildman–Crippen LogP) is 3.55. The SMILES string of the molecule is CCc1nnc(NC(C)c2ccc(C)o2)c(C#N)c1CC. The first-order valence-corrected chi connectivity index (χ1v) is 7.22. The first-order chi connectivity index (χ1) is 10.1. The first-order valence-electron chi connectivity index (χ1n) is 7.22. The highest BCUT2D eigenvalue weighted by Crippen LogP contribution is 2.25. The fourth-order valence-electron chi connectivity index (χ4n) is 2.36. The normalized spacial score (nSPS) is 12.0. The topological polar surface area (TPSA) is 74.7 Å². The number of anilines is 1. The molecule has 0 aliphatic carbocycles. The van der Waals surface area contributed by atoms with Crippen molar-refractivity contribution in [2.24, 2.45) is 0 Å². The molecule has 0 radical (unpaired) electrons. The zero-order valence-corrected chi connectivity index (χ0v) is 12.9. The summed E-state index contributed by atoms with van der Waals surface area (Å²) in [6, 6.07) is 6.03. The average Bonchev–Trinajstić information content (AvgIpc) is 2.93. The lowest BCUT2D eigenvalue weighted by Gasteiger charge is -2.15. The first kappa shape index (κ1) is 15.0. The highest BCUT2D eigenvalue weighted by Gasteiger charge is 2.17. The molecule has 0 fully saturated rings. The van der Waals surface area contributed by atoms with Crippen molar-refractivity contribution in [3.8, 4) is 6.07 Å². The van der Waals surface area contributed by atoms with Crippen LogP contribution in [0.5, 0.6) is 0 Å². The van der Waals surface area contributed by atoms with Crippen LogP contribution in [0.3, 0.4) is 0 Å². The smallest absolute Gasteiger partial charge is 0.167 e. The minimum atomic E-state index is -0.0720. The molecule has 1 atom stereocenters. The van der Waals surface area contributed by atoms with E-state index in [0.717, 1.165) is 35.6 Å². The molecule has 5 heteroatoms. The molecule has 0 spiro atoms. The maximum absolute atomic E-state index is 9.46. The van der Waals surface area contributed by atoms with Crippen LogP contribution in [0.4, 0.5) is 5.82 Å². The lowest BCUT2D eigenvalue weighted by atomic mass is 10.0. The van der Waals surface area contributed by atoms with Crippen molar-refractivity contribution in [3.63, 3.8) is 0 Å². The van der Waals surface area contributed by atoms with Crippen LogP contribution in [0.1, 0.15) is 55.2 Å². The van der Waals surface area contributed by atoms with E-state index < -0.39 is 0 Å². The van der Waals surface area contributed by atoms with E-state index in [1.54, 1.807) is 0 Å². The summed E-state index contributed by atoms with van der Waals surface area (Å²) in [5, 5.41) is 21.1. The molecule has 0 saturated carbocycles. The van der Waals surface area contributed by atoms with Crippen molar-refractivity contribution in [2.75, 3.05) is 5.32 Å². The second-order valence-electron chi connectivity index (χ2n) is 4.98. The Balaban J connectivity index is 2.34. The van der Waals surface area contributed by atoms with Crippen LogP contribution in [-0.4, -0.2) is 10.2 Å². The van der Waals surface area contributed by atoms with Gasteiger partial charge in [-0.3, -0.25) is 0 Å². The van der Waals surface area contributed by atoms with Crippen molar-refractivity contribution in [1.29, 1.82) is 5.26 Å². The molecular weight excluding hydrogens is 264 g/mol. The summed E-state index contributed by atoms with van der Waals surface area (Å²) in [6.07, 6.45) is 1.54. The van der Waals surface area contributed by atoms with Crippen LogP contribution in [0.2, 0.25) is 0 Å². The third-order valence-corrected chi connectivity index (χ3v) is 3.50. The third-order valence-electron chi connectivity index (χ3n) is 3.50. The Labute approximate surface area is 125 Å². The van der Waals surface area contributed by atoms with Gasteiger partial charge in [-0.2, -0.15) is 10.4 Å². The molecule has 21 heavy (non-hydrogen) atoms. The van der Waals surface area contributed by atoms with Gasteiger partial charge in [0.1, 0.15) is 23.2 Å². The number of aromatic nitrogens is 2. The quantitative estimate of drug-likeness (QED) is 0.908. The van der Waals surface area contributed by atoms with Crippen LogP contribution in [0.25, 0.3) is 0 Å². The van der Waals surface area contributed by atoms with Gasteiger partial charge in [0.15, 0.2) is 5.82 Å². The van der Waals surface area contributed by atoms with E-state index in [-0.39, 0.29) is 6.04 Å². The Morgan fingerprint density at radius 2 is 2.05 bits per heavy atom. The van der Waals surface area contributed by atoms with Crippen LogP contribution in [0.15, 0.2) is 16.5 Å². The molecule has 1 N–H and O–H groups in total. The number of furan rings is 1. The van der Waals surface area contributed by atoms with Gasteiger partial charge in [0.2, 0.25) is 0 Å². The molecule has 0 aliphatic rings. The molecule has 0 saturated heterocycles. The summed E-state index contributed by atoms with van der Waals surface area (Å²) in [7, 11) is 0. The van der Waals surface area contributed by atoms with Gasteiger partial charge in [0, 0.05) is 0 Å². The van der Waals surface area contributed by atoms with E-state index in [4.69, 9.17) is 4.42 Å². The molecule has 2 heterocycles. The van der Waals surface area contributed by atoms with E-state index in [0.29, 0.717) is 11.4 Å². The molecule has 0 aromatic carbocycles. The van der Waals surface area contributed by atoms with E-state index in [2.05, 4.69) is 21.6 Å². The zero-order chi connectivity index (χ0) is 15.4. The summed E-state index contributed by atoms with van der Waals surface area (Å²) >= 11 is 0. The van der Waals surface area contributed by atoms with Crippen molar-refractivity contribution in [1.82, 2.24) is 10.2 Å². The van der Waals surface area contributed by atoms with Gasteiger partial charge in [-0.05, 0) is 44.4 Å². The lowest BCUT2D eigenvalue weighted by Crippen LogP contribution is -2.12. The van der Waals surface area contributed by atoms with E-state index in [1.807, 2.05) is 39.8 Å². The minimum absolute atomic E-state index is 0.0720. The van der Waals surface area contributed by atoms with Crippen LogP contribution < -0.4 is 5.32 Å². The number of hydrogen-bond donors (Lipinski definition) is 1. The van der Waals surface area contributed by atoms with Crippen molar-refractivity contribution in [2.45, 2.75) is 46.6 Å². The molecule has 2 rings (SSSR count). The minimum Gasteiger partial charge on any atom is -0.464 e. The molecule has 2 aromatic heterocycles. The van der Waals surface area contributed by atoms with Gasteiger partial charge < -0.3 is 9.73 Å². The highest BCUT2D eigenvalue weighted by atomic mass is 16.3.